The summed E-state index contributed by atoms with van der Waals surface area (Å²) < 4.78 is 88.2. The van der Waals surface area contributed by atoms with Crippen molar-refractivity contribution in [1.82, 2.24) is 0 Å². The van der Waals surface area contributed by atoms with Gasteiger partial charge < -0.3 is 9.47 Å². The average Bonchev–Trinajstić information content (AvgIpc) is 2.89. The van der Waals surface area contributed by atoms with E-state index in [1.54, 1.807) is 12.1 Å². The maximum Gasteiger partial charge on any atom is 0.573 e. The van der Waals surface area contributed by atoms with Crippen LogP contribution in [-0.2, 0) is 6.11 Å². The Morgan fingerprint density at radius 2 is 1.26 bits per heavy atom. The fourth-order valence-corrected chi connectivity index (χ4v) is 6.09. The Morgan fingerprint density at radius 3 is 1.79 bits per heavy atom. The molecule has 2 aliphatic rings. The standard InChI is InChI=1S/C30H36F6O2/c1-2-20-3-5-21(6-4-20)7-8-22-9-11-23(12-10-22)24-13-16-26(17-14-24)37-29(32,33)25-15-18-28(27(31)19-25)38-30(34,35)36/h13-23H,2-12H2,1H3. The molecule has 0 aromatic heterocycles. The highest BCUT2D eigenvalue weighted by molar-refractivity contribution is 5.33. The van der Waals surface area contributed by atoms with Gasteiger partial charge in [0.2, 0.25) is 0 Å². The lowest BCUT2D eigenvalue weighted by atomic mass is 9.74. The van der Waals surface area contributed by atoms with E-state index in [0.29, 0.717) is 18.1 Å². The zero-order chi connectivity index (χ0) is 27.3. The van der Waals surface area contributed by atoms with E-state index in [4.69, 9.17) is 4.74 Å². The molecule has 2 aromatic rings. The predicted molar refractivity (Wildman–Crippen MR) is 134 cm³/mol. The molecule has 0 amide bonds. The SMILES string of the molecule is CCC1CCC(CCC2CCC(c3ccc(OC(F)(F)c4ccc(OC(F)(F)F)c(F)c4)cc3)CC2)CC1. The van der Waals surface area contributed by atoms with E-state index in [1.807, 2.05) is 0 Å². The first-order valence-electron chi connectivity index (χ1n) is 13.7. The molecule has 0 spiro atoms. The highest BCUT2D eigenvalue weighted by Crippen LogP contribution is 2.41. The molecule has 2 nitrogen and oxygen atoms in total. The van der Waals surface area contributed by atoms with Crippen molar-refractivity contribution >= 4 is 0 Å². The van der Waals surface area contributed by atoms with Crippen molar-refractivity contribution < 1.29 is 35.8 Å². The van der Waals surface area contributed by atoms with Gasteiger partial charge in [0.1, 0.15) is 5.75 Å². The van der Waals surface area contributed by atoms with Crippen molar-refractivity contribution in [3.8, 4) is 11.5 Å². The second kappa shape index (κ2) is 12.2. The zero-order valence-corrected chi connectivity index (χ0v) is 21.7. The summed E-state index contributed by atoms with van der Waals surface area (Å²) >= 11 is 0. The van der Waals surface area contributed by atoms with Crippen molar-refractivity contribution in [2.45, 2.75) is 95.9 Å². The molecular formula is C30H36F6O2. The van der Waals surface area contributed by atoms with Gasteiger partial charge >= 0.3 is 12.5 Å². The molecule has 0 heterocycles. The summed E-state index contributed by atoms with van der Waals surface area (Å²) in [5.74, 6) is 0.125. The summed E-state index contributed by atoms with van der Waals surface area (Å²) in [6.45, 7) is 2.30. The van der Waals surface area contributed by atoms with Crippen molar-refractivity contribution in [1.29, 1.82) is 0 Å². The number of hydrogen-bond acceptors (Lipinski definition) is 2. The summed E-state index contributed by atoms with van der Waals surface area (Å²) in [5.41, 5.74) is 0.169. The van der Waals surface area contributed by atoms with Gasteiger partial charge in [-0.15, -0.1) is 13.2 Å². The minimum absolute atomic E-state index is 0.110. The lowest BCUT2D eigenvalue weighted by Gasteiger charge is -2.32. The molecule has 210 valence electrons. The van der Waals surface area contributed by atoms with Crippen LogP contribution in [-0.4, -0.2) is 6.36 Å². The van der Waals surface area contributed by atoms with Crippen molar-refractivity contribution in [3.63, 3.8) is 0 Å². The van der Waals surface area contributed by atoms with Crippen LogP contribution in [0.3, 0.4) is 0 Å². The van der Waals surface area contributed by atoms with Gasteiger partial charge in [0.15, 0.2) is 11.6 Å². The van der Waals surface area contributed by atoms with E-state index in [9.17, 15) is 26.3 Å². The van der Waals surface area contributed by atoms with E-state index in [2.05, 4.69) is 11.7 Å². The summed E-state index contributed by atoms with van der Waals surface area (Å²) in [5, 5.41) is 0. The summed E-state index contributed by atoms with van der Waals surface area (Å²) in [4.78, 5) is 0. The van der Waals surface area contributed by atoms with Gasteiger partial charge in [-0.25, -0.2) is 4.39 Å². The van der Waals surface area contributed by atoms with Crippen LogP contribution in [0.1, 0.15) is 94.6 Å². The topological polar surface area (TPSA) is 18.5 Å². The molecule has 0 atom stereocenters. The molecule has 4 rings (SSSR count). The van der Waals surface area contributed by atoms with Gasteiger partial charge in [0, 0.05) is 0 Å². The van der Waals surface area contributed by atoms with Crippen molar-refractivity contribution in [2.24, 2.45) is 17.8 Å². The fourth-order valence-electron chi connectivity index (χ4n) is 6.09. The monoisotopic (exact) mass is 542 g/mol. The smallest absolute Gasteiger partial charge is 0.429 e. The second-order valence-corrected chi connectivity index (χ2v) is 11.0. The third-order valence-corrected chi connectivity index (χ3v) is 8.46. The first kappa shape index (κ1) is 28.6. The molecule has 2 aliphatic carbocycles. The van der Waals surface area contributed by atoms with Crippen LogP contribution in [0, 0.1) is 23.6 Å². The molecule has 2 saturated carbocycles. The number of alkyl halides is 5. The van der Waals surface area contributed by atoms with Crippen LogP contribution >= 0.6 is 0 Å². The van der Waals surface area contributed by atoms with Gasteiger partial charge in [0.25, 0.3) is 0 Å². The van der Waals surface area contributed by atoms with Gasteiger partial charge in [-0.1, -0.05) is 64.0 Å². The maximum atomic E-state index is 14.6. The largest absolute Gasteiger partial charge is 0.573 e. The Bertz CT molecular complexity index is 1020. The van der Waals surface area contributed by atoms with Crippen molar-refractivity contribution in [3.05, 3.63) is 59.4 Å². The second-order valence-electron chi connectivity index (χ2n) is 11.0. The number of rotatable bonds is 9. The molecule has 8 heteroatoms. The lowest BCUT2D eigenvalue weighted by Crippen LogP contribution is -2.23. The third-order valence-electron chi connectivity index (χ3n) is 8.46. The average molecular weight is 543 g/mol. The quantitative estimate of drug-likeness (QED) is 0.294. The zero-order valence-electron chi connectivity index (χ0n) is 21.7. The Labute approximate surface area is 220 Å². The van der Waals surface area contributed by atoms with E-state index < -0.39 is 29.6 Å². The lowest BCUT2D eigenvalue weighted by molar-refractivity contribution is -0.275. The molecule has 38 heavy (non-hydrogen) atoms. The van der Waals surface area contributed by atoms with Crippen LogP contribution in [0.25, 0.3) is 0 Å². The van der Waals surface area contributed by atoms with Gasteiger partial charge in [-0.3, -0.25) is 0 Å². The number of hydrogen-bond donors (Lipinski definition) is 0. The molecule has 0 aliphatic heterocycles. The Morgan fingerprint density at radius 1 is 0.711 bits per heavy atom. The molecule has 0 unspecified atom stereocenters. The van der Waals surface area contributed by atoms with Gasteiger partial charge in [0.05, 0.1) is 5.56 Å². The molecule has 2 aromatic carbocycles. The van der Waals surface area contributed by atoms with Crippen LogP contribution in [0.15, 0.2) is 42.5 Å². The van der Waals surface area contributed by atoms with Gasteiger partial charge in [-0.05, 0) is 85.3 Å². The minimum atomic E-state index is -5.13. The summed E-state index contributed by atoms with van der Waals surface area (Å²) in [6.07, 6.45) is 4.96. The van der Waals surface area contributed by atoms with Crippen LogP contribution < -0.4 is 9.47 Å². The fraction of sp³-hybridized carbons (Fsp3) is 0.600. The summed E-state index contributed by atoms with van der Waals surface area (Å²) in [6, 6.07) is 7.91. The highest BCUT2D eigenvalue weighted by atomic mass is 19.4. The predicted octanol–water partition coefficient (Wildman–Crippen LogP) is 10.1. The molecule has 0 saturated heterocycles. The first-order valence-corrected chi connectivity index (χ1v) is 13.7. The molecule has 0 radical (unpaired) electrons. The van der Waals surface area contributed by atoms with E-state index in [0.717, 1.165) is 36.2 Å². The van der Waals surface area contributed by atoms with E-state index >= 15 is 0 Å². The Kier molecular flexibility index (Phi) is 9.19. The van der Waals surface area contributed by atoms with Gasteiger partial charge in [-0.2, -0.15) is 8.78 Å². The van der Waals surface area contributed by atoms with Crippen LogP contribution in [0.4, 0.5) is 26.3 Å². The highest BCUT2D eigenvalue weighted by Gasteiger charge is 2.37. The number of ether oxygens (including phenoxy) is 2. The molecular weight excluding hydrogens is 506 g/mol. The number of benzene rings is 2. The normalized spacial score (nSPS) is 24.7. The minimum Gasteiger partial charge on any atom is -0.429 e. The number of halogens is 6. The van der Waals surface area contributed by atoms with Crippen LogP contribution in [0.2, 0.25) is 0 Å². The third kappa shape index (κ3) is 7.82. The summed E-state index contributed by atoms with van der Waals surface area (Å²) in [7, 11) is 0. The van der Waals surface area contributed by atoms with E-state index in [-0.39, 0.29) is 11.8 Å². The first-order chi connectivity index (χ1) is 18.0. The van der Waals surface area contributed by atoms with Crippen molar-refractivity contribution in [2.75, 3.05) is 0 Å². The molecule has 0 bridgehead atoms. The molecule has 0 N–H and O–H groups in total. The molecule has 2 fully saturated rings. The van der Waals surface area contributed by atoms with E-state index in [1.165, 1.54) is 69.9 Å². The Balaban J connectivity index is 1.25. The Hall–Kier alpha value is -2.38. The maximum absolute atomic E-state index is 14.6. The van der Waals surface area contributed by atoms with Crippen LogP contribution in [0.5, 0.6) is 11.5 Å².